The Morgan fingerprint density at radius 2 is 2.06 bits per heavy atom. The summed E-state index contributed by atoms with van der Waals surface area (Å²) in [7, 11) is 0. The molecule has 2 aromatic heterocycles. The van der Waals surface area contributed by atoms with E-state index < -0.39 is 0 Å². The Morgan fingerprint density at radius 1 is 1.26 bits per heavy atom. The molecule has 2 amide bonds. The molecule has 6 nitrogen and oxygen atoms in total. The summed E-state index contributed by atoms with van der Waals surface area (Å²) in [6.07, 6.45) is 3.19. The summed E-state index contributed by atoms with van der Waals surface area (Å²) in [6, 6.07) is 12.4. The first-order valence-electron chi connectivity index (χ1n) is 11.5. The number of carbonyl (C=O) groups excluding carboxylic acids is 2. The molecule has 4 rings (SSSR count). The fourth-order valence-electron chi connectivity index (χ4n) is 4.12. The van der Waals surface area contributed by atoms with Gasteiger partial charge in [0.2, 0.25) is 5.91 Å². The molecule has 0 radical (unpaired) electrons. The van der Waals surface area contributed by atoms with Gasteiger partial charge in [0.25, 0.3) is 5.91 Å². The van der Waals surface area contributed by atoms with E-state index in [2.05, 4.69) is 25.3 Å². The van der Waals surface area contributed by atoms with Gasteiger partial charge < -0.3 is 19.0 Å². The van der Waals surface area contributed by atoms with Crippen molar-refractivity contribution in [2.24, 2.45) is 5.92 Å². The van der Waals surface area contributed by atoms with Gasteiger partial charge in [0.1, 0.15) is 18.9 Å². The smallest absolute Gasteiger partial charge is 0.290 e. The van der Waals surface area contributed by atoms with E-state index >= 15 is 0 Å². The third-order valence-corrected chi connectivity index (χ3v) is 7.46. The fraction of sp³-hybridized carbons (Fsp3) is 0.385. The first-order valence-corrected chi connectivity index (χ1v) is 12.8. The molecule has 1 aliphatic rings. The maximum atomic E-state index is 13.6. The van der Waals surface area contributed by atoms with Crippen molar-refractivity contribution >= 4 is 34.8 Å². The van der Waals surface area contributed by atoms with Crippen LogP contribution in [0.5, 0.6) is 5.75 Å². The number of furan rings is 1. The molecule has 0 saturated carbocycles. The molecule has 0 saturated heterocycles. The molecule has 1 aliphatic heterocycles. The van der Waals surface area contributed by atoms with Crippen LogP contribution in [0, 0.1) is 5.92 Å². The van der Waals surface area contributed by atoms with Crippen molar-refractivity contribution in [3.63, 3.8) is 0 Å². The van der Waals surface area contributed by atoms with Crippen molar-refractivity contribution in [1.82, 2.24) is 9.80 Å². The second-order valence-electron chi connectivity index (χ2n) is 8.59. The van der Waals surface area contributed by atoms with Crippen molar-refractivity contribution in [1.29, 1.82) is 0 Å². The third kappa shape index (κ3) is 5.65. The highest BCUT2D eigenvalue weighted by Crippen LogP contribution is 2.34. The average molecular weight is 501 g/mol. The van der Waals surface area contributed by atoms with Crippen LogP contribution in [0.2, 0.25) is 5.02 Å². The van der Waals surface area contributed by atoms with Gasteiger partial charge in [-0.05, 0) is 65.7 Å². The van der Waals surface area contributed by atoms with Crippen molar-refractivity contribution < 1.29 is 18.7 Å². The van der Waals surface area contributed by atoms with Crippen LogP contribution in [0.15, 0.2) is 58.5 Å². The van der Waals surface area contributed by atoms with E-state index in [1.54, 1.807) is 40.5 Å². The van der Waals surface area contributed by atoms with Gasteiger partial charge in [0.15, 0.2) is 5.76 Å². The molecule has 3 heterocycles. The fourth-order valence-corrected chi connectivity index (χ4v) is 5.17. The van der Waals surface area contributed by atoms with E-state index in [0.29, 0.717) is 30.5 Å². The number of thiophene rings is 1. The first kappa shape index (κ1) is 24.4. The lowest BCUT2D eigenvalue weighted by Gasteiger charge is -2.37. The molecule has 0 bridgehead atoms. The highest BCUT2D eigenvalue weighted by Gasteiger charge is 2.34. The Hall–Kier alpha value is -2.77. The second kappa shape index (κ2) is 11.1. The Balaban J connectivity index is 1.52. The average Bonchev–Trinajstić information content (AvgIpc) is 3.54. The summed E-state index contributed by atoms with van der Waals surface area (Å²) < 4.78 is 11.4. The van der Waals surface area contributed by atoms with Gasteiger partial charge in [-0.15, -0.1) is 11.3 Å². The monoisotopic (exact) mass is 500 g/mol. The molecule has 1 aromatic carbocycles. The minimum absolute atomic E-state index is 0.000782. The topological polar surface area (TPSA) is 63.0 Å². The molecular weight excluding hydrogens is 472 g/mol. The maximum Gasteiger partial charge on any atom is 0.290 e. The van der Waals surface area contributed by atoms with E-state index in [-0.39, 0.29) is 36.1 Å². The molecule has 180 valence electrons. The van der Waals surface area contributed by atoms with E-state index in [0.717, 1.165) is 18.4 Å². The van der Waals surface area contributed by atoms with E-state index in [4.69, 9.17) is 20.8 Å². The number of hydrogen-bond acceptors (Lipinski definition) is 5. The van der Waals surface area contributed by atoms with Crippen LogP contribution >= 0.6 is 22.9 Å². The maximum absolute atomic E-state index is 13.6. The largest absolute Gasteiger partial charge is 0.491 e. The number of benzene rings is 1. The summed E-state index contributed by atoms with van der Waals surface area (Å²) in [6.45, 7) is 5.57. The lowest BCUT2D eigenvalue weighted by molar-refractivity contribution is -0.135. The summed E-state index contributed by atoms with van der Waals surface area (Å²) in [5.41, 5.74) is 1.12. The summed E-state index contributed by atoms with van der Waals surface area (Å²) in [4.78, 5) is 31.4. The van der Waals surface area contributed by atoms with Gasteiger partial charge in [0, 0.05) is 23.0 Å². The molecule has 0 spiro atoms. The van der Waals surface area contributed by atoms with Gasteiger partial charge in [-0.1, -0.05) is 31.9 Å². The van der Waals surface area contributed by atoms with Crippen LogP contribution in [-0.2, 0) is 11.2 Å². The van der Waals surface area contributed by atoms with E-state index in [1.165, 1.54) is 11.1 Å². The van der Waals surface area contributed by atoms with Gasteiger partial charge in [0.05, 0.1) is 12.3 Å². The lowest BCUT2D eigenvalue weighted by atomic mass is 10.00. The molecule has 34 heavy (non-hydrogen) atoms. The Bertz CT molecular complexity index is 1100. The number of carbonyl (C=O) groups is 2. The molecule has 8 heteroatoms. The van der Waals surface area contributed by atoms with Crippen LogP contribution < -0.4 is 4.74 Å². The van der Waals surface area contributed by atoms with Crippen molar-refractivity contribution in [2.45, 2.75) is 32.7 Å². The predicted octanol–water partition coefficient (Wildman–Crippen LogP) is 5.69. The number of amides is 2. The zero-order valence-electron chi connectivity index (χ0n) is 19.4. The van der Waals surface area contributed by atoms with Crippen molar-refractivity contribution in [3.8, 4) is 5.75 Å². The Morgan fingerprint density at radius 3 is 2.76 bits per heavy atom. The van der Waals surface area contributed by atoms with Gasteiger partial charge in [-0.3, -0.25) is 9.59 Å². The third-order valence-electron chi connectivity index (χ3n) is 6.21. The number of ether oxygens (including phenoxy) is 1. The van der Waals surface area contributed by atoms with Crippen LogP contribution in [0.3, 0.4) is 0 Å². The Labute approximate surface area is 209 Å². The van der Waals surface area contributed by atoms with Crippen LogP contribution in [0.4, 0.5) is 0 Å². The highest BCUT2D eigenvalue weighted by molar-refractivity contribution is 7.10. The summed E-state index contributed by atoms with van der Waals surface area (Å²) in [5, 5.41) is 2.70. The number of rotatable bonds is 9. The normalized spacial score (nSPS) is 16.1. The molecule has 2 atom stereocenters. The van der Waals surface area contributed by atoms with Gasteiger partial charge in [-0.2, -0.15) is 0 Å². The predicted molar refractivity (Wildman–Crippen MR) is 133 cm³/mol. The molecule has 0 fully saturated rings. The molecule has 0 aliphatic carbocycles. The Kier molecular flexibility index (Phi) is 7.95. The number of fused-ring (bicyclic) bond motifs is 1. The summed E-state index contributed by atoms with van der Waals surface area (Å²) >= 11 is 7.70. The van der Waals surface area contributed by atoms with E-state index in [9.17, 15) is 9.59 Å². The zero-order valence-corrected chi connectivity index (χ0v) is 21.0. The standard InChI is InChI=1S/C26H29ClN2O4S/c1-3-18(2)15-28(26(31)23-5-4-13-32-23)16-25(30)29-12-10-24-21(11-14-34-24)22(29)17-33-20-8-6-19(27)7-9-20/h4-9,11,13-14,18,22H,3,10,12,15-17H2,1-2H3/t18-,22+/m0/s1. The van der Waals surface area contributed by atoms with Crippen molar-refractivity contribution in [3.05, 3.63) is 75.3 Å². The molecule has 0 N–H and O–H groups in total. The van der Waals surface area contributed by atoms with Crippen LogP contribution in [0.25, 0.3) is 0 Å². The zero-order chi connectivity index (χ0) is 24.1. The second-order valence-corrected chi connectivity index (χ2v) is 10.0. The first-order chi connectivity index (χ1) is 16.5. The van der Waals surface area contributed by atoms with Gasteiger partial charge >= 0.3 is 0 Å². The van der Waals surface area contributed by atoms with Crippen molar-refractivity contribution in [2.75, 3.05) is 26.2 Å². The minimum Gasteiger partial charge on any atom is -0.491 e. The summed E-state index contributed by atoms with van der Waals surface area (Å²) in [5.74, 6) is 0.856. The van der Waals surface area contributed by atoms with Gasteiger partial charge in [-0.25, -0.2) is 0 Å². The van der Waals surface area contributed by atoms with E-state index in [1.807, 2.05) is 17.0 Å². The SMILES string of the molecule is CC[C@H](C)CN(CC(=O)N1CCc2sccc2[C@H]1COc1ccc(Cl)cc1)C(=O)c1ccco1. The highest BCUT2D eigenvalue weighted by atomic mass is 35.5. The van der Waals surface area contributed by atoms with Crippen LogP contribution in [0.1, 0.15) is 47.3 Å². The number of halogens is 1. The number of nitrogens with zero attached hydrogens (tertiary/aromatic N) is 2. The lowest BCUT2D eigenvalue weighted by Crippen LogP contribution is -2.48. The van der Waals surface area contributed by atoms with Crippen LogP contribution in [-0.4, -0.2) is 47.9 Å². The molecule has 3 aromatic rings. The number of hydrogen-bond donors (Lipinski definition) is 0. The quantitative estimate of drug-likeness (QED) is 0.378. The molecule has 0 unspecified atom stereocenters. The molecular formula is C26H29ClN2O4S. The minimum atomic E-state index is -0.263.